The van der Waals surface area contributed by atoms with E-state index in [0.29, 0.717) is 38.7 Å². The van der Waals surface area contributed by atoms with E-state index in [1.165, 1.54) is 6.33 Å². The molecule has 1 atom stereocenters. The van der Waals surface area contributed by atoms with Crippen LogP contribution >= 0.6 is 11.6 Å². The Balaban J connectivity index is 1.60. The summed E-state index contributed by atoms with van der Waals surface area (Å²) in [5.74, 6) is 0.290. The highest BCUT2D eigenvalue weighted by molar-refractivity contribution is 6.31. The molecule has 0 saturated carbocycles. The van der Waals surface area contributed by atoms with Crippen molar-refractivity contribution in [1.29, 1.82) is 5.26 Å². The van der Waals surface area contributed by atoms with E-state index in [1.54, 1.807) is 23.1 Å². The number of nitriles is 1. The molecule has 0 bridgehead atoms. The number of aromatic nitrogens is 7. The first-order valence-electron chi connectivity index (χ1n) is 11.1. The molecule has 174 valence electrons. The minimum atomic E-state index is -0.341. The van der Waals surface area contributed by atoms with E-state index < -0.39 is 0 Å². The Bertz CT molecular complexity index is 1800. The van der Waals surface area contributed by atoms with Gasteiger partial charge in [0.2, 0.25) is 0 Å². The van der Waals surface area contributed by atoms with E-state index in [1.807, 2.05) is 60.1 Å². The third-order valence-corrected chi connectivity index (χ3v) is 6.38. The highest BCUT2D eigenvalue weighted by Crippen LogP contribution is 2.36. The molecule has 0 aliphatic carbocycles. The van der Waals surface area contributed by atoms with Crippen molar-refractivity contribution in [1.82, 2.24) is 34.5 Å². The lowest BCUT2D eigenvalue weighted by Gasteiger charge is -2.11. The van der Waals surface area contributed by atoms with Crippen molar-refractivity contribution in [2.45, 2.75) is 13.0 Å². The van der Waals surface area contributed by atoms with E-state index in [-0.39, 0.29) is 6.04 Å². The van der Waals surface area contributed by atoms with Crippen LogP contribution in [0.2, 0.25) is 5.02 Å². The molecule has 6 rings (SSSR count). The van der Waals surface area contributed by atoms with Gasteiger partial charge in [-0.1, -0.05) is 29.8 Å². The SMILES string of the molecule is CC(c1nn(-c2cccnc2)c2cc(Cl)ccc12)n1nc(-c2ccccc2C#N)c2c(N)ncnc21. The summed E-state index contributed by atoms with van der Waals surface area (Å²) < 4.78 is 3.60. The third-order valence-electron chi connectivity index (χ3n) is 6.15. The molecule has 0 aliphatic heterocycles. The Labute approximate surface area is 210 Å². The van der Waals surface area contributed by atoms with Gasteiger partial charge in [-0.2, -0.15) is 15.5 Å². The van der Waals surface area contributed by atoms with Crippen LogP contribution in [0.5, 0.6) is 0 Å². The number of benzene rings is 2. The van der Waals surface area contributed by atoms with Gasteiger partial charge >= 0.3 is 0 Å². The molecule has 6 aromatic rings. The minimum absolute atomic E-state index is 0.290. The van der Waals surface area contributed by atoms with Gasteiger partial charge in [-0.05, 0) is 43.3 Å². The van der Waals surface area contributed by atoms with Gasteiger partial charge in [-0.3, -0.25) is 4.98 Å². The van der Waals surface area contributed by atoms with Gasteiger partial charge in [-0.15, -0.1) is 0 Å². The molecule has 1 unspecified atom stereocenters. The van der Waals surface area contributed by atoms with Crippen molar-refractivity contribution in [3.63, 3.8) is 0 Å². The summed E-state index contributed by atoms with van der Waals surface area (Å²) in [5, 5.41) is 21.7. The van der Waals surface area contributed by atoms with E-state index >= 15 is 0 Å². The fourth-order valence-corrected chi connectivity index (χ4v) is 4.62. The molecule has 36 heavy (non-hydrogen) atoms. The van der Waals surface area contributed by atoms with Gasteiger partial charge < -0.3 is 5.73 Å². The van der Waals surface area contributed by atoms with E-state index in [0.717, 1.165) is 22.3 Å². The van der Waals surface area contributed by atoms with Crippen LogP contribution in [-0.4, -0.2) is 34.5 Å². The molecular formula is C26H18ClN9. The van der Waals surface area contributed by atoms with Crippen molar-refractivity contribution in [2.24, 2.45) is 0 Å². The number of anilines is 1. The quantitative estimate of drug-likeness (QED) is 0.370. The zero-order chi connectivity index (χ0) is 24.8. The summed E-state index contributed by atoms with van der Waals surface area (Å²) in [6.07, 6.45) is 4.87. The highest BCUT2D eigenvalue weighted by Gasteiger charge is 2.25. The Hall–Kier alpha value is -4.81. The fourth-order valence-electron chi connectivity index (χ4n) is 4.45. The lowest BCUT2D eigenvalue weighted by molar-refractivity contribution is 0.564. The highest BCUT2D eigenvalue weighted by atomic mass is 35.5. The van der Waals surface area contributed by atoms with Crippen LogP contribution in [-0.2, 0) is 0 Å². The van der Waals surface area contributed by atoms with Crippen molar-refractivity contribution < 1.29 is 0 Å². The molecule has 4 heterocycles. The Morgan fingerprint density at radius 1 is 1.06 bits per heavy atom. The molecule has 0 radical (unpaired) electrons. The smallest absolute Gasteiger partial charge is 0.164 e. The number of nitrogens with two attached hydrogens (primary N) is 1. The summed E-state index contributed by atoms with van der Waals surface area (Å²) in [7, 11) is 0. The predicted octanol–water partition coefficient (Wildman–Crippen LogP) is 4.94. The first-order chi connectivity index (χ1) is 17.6. The van der Waals surface area contributed by atoms with Gasteiger partial charge in [0, 0.05) is 22.2 Å². The fraction of sp³-hybridized carbons (Fsp3) is 0.0769. The van der Waals surface area contributed by atoms with Crippen molar-refractivity contribution >= 4 is 39.4 Å². The summed E-state index contributed by atoms with van der Waals surface area (Å²) in [4.78, 5) is 12.9. The molecular weight excluding hydrogens is 474 g/mol. The lowest BCUT2D eigenvalue weighted by atomic mass is 10.0. The summed E-state index contributed by atoms with van der Waals surface area (Å²) in [6, 6.07) is 18.6. The van der Waals surface area contributed by atoms with Crippen LogP contribution < -0.4 is 5.73 Å². The molecule has 0 aliphatic rings. The van der Waals surface area contributed by atoms with Crippen LogP contribution in [0.1, 0.15) is 24.2 Å². The zero-order valence-corrected chi connectivity index (χ0v) is 19.8. The van der Waals surface area contributed by atoms with E-state index in [2.05, 4.69) is 21.0 Å². The summed E-state index contributed by atoms with van der Waals surface area (Å²) in [6.45, 7) is 1.99. The van der Waals surface area contributed by atoms with Crippen LogP contribution in [0.15, 0.2) is 73.3 Å². The molecule has 0 saturated heterocycles. The number of hydrogen-bond acceptors (Lipinski definition) is 7. The number of halogens is 1. The monoisotopic (exact) mass is 491 g/mol. The average Bonchev–Trinajstić information content (AvgIpc) is 3.48. The number of nitrogen functional groups attached to an aromatic ring is 1. The van der Waals surface area contributed by atoms with Gasteiger partial charge in [0.25, 0.3) is 0 Å². The lowest BCUT2D eigenvalue weighted by Crippen LogP contribution is -2.11. The van der Waals surface area contributed by atoms with Gasteiger partial charge in [0.15, 0.2) is 5.65 Å². The molecule has 2 N–H and O–H groups in total. The second kappa shape index (κ2) is 8.45. The standard InChI is InChI=1S/C26H18ClN9/c1-15(23-20-9-8-17(27)11-21(20)36(33-23)18-6-4-10-30-13-18)35-26-22(25(29)31-14-32-26)24(34-35)19-7-3-2-5-16(19)12-28/h2-11,13-15H,1H3,(H2,29,31,32). The van der Waals surface area contributed by atoms with Crippen LogP contribution in [0, 0.1) is 11.3 Å². The van der Waals surface area contributed by atoms with Gasteiger partial charge in [-0.25, -0.2) is 19.3 Å². The molecule has 0 fully saturated rings. The minimum Gasteiger partial charge on any atom is -0.383 e. The van der Waals surface area contributed by atoms with Gasteiger partial charge in [0.05, 0.1) is 46.2 Å². The Kier molecular flexibility index (Phi) is 5.09. The Morgan fingerprint density at radius 3 is 2.72 bits per heavy atom. The number of pyridine rings is 1. The van der Waals surface area contributed by atoms with E-state index in [9.17, 15) is 5.26 Å². The average molecular weight is 492 g/mol. The zero-order valence-electron chi connectivity index (χ0n) is 19.0. The number of fused-ring (bicyclic) bond motifs is 2. The van der Waals surface area contributed by atoms with Crippen molar-refractivity contribution in [3.8, 4) is 23.0 Å². The maximum absolute atomic E-state index is 9.69. The predicted molar refractivity (Wildman–Crippen MR) is 138 cm³/mol. The van der Waals surface area contributed by atoms with Crippen LogP contribution in [0.25, 0.3) is 38.9 Å². The first-order valence-corrected chi connectivity index (χ1v) is 11.5. The van der Waals surface area contributed by atoms with Crippen LogP contribution in [0.3, 0.4) is 0 Å². The topological polar surface area (TPSA) is 124 Å². The second-order valence-corrected chi connectivity index (χ2v) is 8.69. The maximum atomic E-state index is 9.69. The number of hydrogen-bond donors (Lipinski definition) is 1. The summed E-state index contributed by atoms with van der Waals surface area (Å²) in [5.41, 5.74) is 11.0. The summed E-state index contributed by atoms with van der Waals surface area (Å²) >= 11 is 6.35. The number of nitrogens with zero attached hydrogens (tertiary/aromatic N) is 8. The van der Waals surface area contributed by atoms with E-state index in [4.69, 9.17) is 27.5 Å². The largest absolute Gasteiger partial charge is 0.383 e. The molecule has 0 amide bonds. The third kappa shape index (κ3) is 3.35. The molecule has 0 spiro atoms. The van der Waals surface area contributed by atoms with Gasteiger partial charge in [0.1, 0.15) is 17.8 Å². The normalized spacial score (nSPS) is 12.1. The van der Waals surface area contributed by atoms with Crippen molar-refractivity contribution in [2.75, 3.05) is 5.73 Å². The molecule has 10 heteroatoms. The number of rotatable bonds is 4. The maximum Gasteiger partial charge on any atom is 0.164 e. The molecule has 4 aromatic heterocycles. The first kappa shape index (κ1) is 21.7. The van der Waals surface area contributed by atoms with Crippen molar-refractivity contribution in [3.05, 3.63) is 89.6 Å². The molecule has 9 nitrogen and oxygen atoms in total. The second-order valence-electron chi connectivity index (χ2n) is 8.25. The van der Waals surface area contributed by atoms with Crippen LogP contribution in [0.4, 0.5) is 5.82 Å². The Morgan fingerprint density at radius 2 is 1.92 bits per heavy atom. The molecule has 2 aromatic carbocycles.